The molecule has 0 aliphatic carbocycles. The van der Waals surface area contributed by atoms with Gasteiger partial charge >= 0.3 is 0 Å². The molecule has 6 heteroatoms. The summed E-state index contributed by atoms with van der Waals surface area (Å²) in [6.45, 7) is 8.43. The minimum absolute atomic E-state index is 0.00441. The van der Waals surface area contributed by atoms with Crippen molar-refractivity contribution in [2.24, 2.45) is 4.99 Å². The van der Waals surface area contributed by atoms with E-state index in [-0.39, 0.29) is 11.6 Å². The third-order valence-corrected chi connectivity index (χ3v) is 6.69. The predicted molar refractivity (Wildman–Crippen MR) is 141 cm³/mol. The van der Waals surface area contributed by atoms with Gasteiger partial charge in [0.05, 0.1) is 5.70 Å². The molecule has 0 aromatic heterocycles. The second kappa shape index (κ2) is 8.38. The van der Waals surface area contributed by atoms with Gasteiger partial charge in [-0.15, -0.1) is 0 Å². The number of nitrogens with one attached hydrogen (secondary N) is 2. The van der Waals surface area contributed by atoms with Crippen LogP contribution in [-0.4, -0.2) is 30.6 Å². The molecule has 0 amide bonds. The zero-order chi connectivity index (χ0) is 24.0. The molecule has 0 saturated carbocycles. The molecule has 3 aliphatic heterocycles. The summed E-state index contributed by atoms with van der Waals surface area (Å²) in [5.41, 5.74) is 7.05. The van der Waals surface area contributed by atoms with Crippen molar-refractivity contribution in [2.45, 2.75) is 32.4 Å². The van der Waals surface area contributed by atoms with Crippen molar-refractivity contribution in [2.75, 3.05) is 30.5 Å². The van der Waals surface area contributed by atoms with Gasteiger partial charge in [-0.2, -0.15) is 0 Å². The van der Waals surface area contributed by atoms with Gasteiger partial charge in [0.1, 0.15) is 31.9 Å². The van der Waals surface area contributed by atoms with Crippen LogP contribution in [-0.2, 0) is 5.41 Å². The van der Waals surface area contributed by atoms with Crippen LogP contribution in [0.4, 0.5) is 11.4 Å². The summed E-state index contributed by atoms with van der Waals surface area (Å²) in [6.07, 6.45) is 2.14. The molecule has 0 bridgehead atoms. The molecule has 0 fully saturated rings. The van der Waals surface area contributed by atoms with Crippen LogP contribution in [0.15, 0.2) is 77.8 Å². The van der Waals surface area contributed by atoms with Gasteiger partial charge in [0.15, 0.2) is 11.5 Å². The minimum atomic E-state index is 0.00441. The first-order valence-electron chi connectivity index (χ1n) is 12.1. The van der Waals surface area contributed by atoms with Crippen molar-refractivity contribution < 1.29 is 9.47 Å². The summed E-state index contributed by atoms with van der Waals surface area (Å²) in [6, 6.07) is 23.3. The van der Waals surface area contributed by atoms with Crippen molar-refractivity contribution in [3.63, 3.8) is 0 Å². The molecular formula is C29H30N4O2. The standard InChI is InChI=1S/C29H30N4O2/c1-29(2,3)20-10-8-19(9-11-20)28-32-23-7-5-4-6-22(23)24-17-27(30-18-33(24)28)31-21-12-13-25-26(16-21)35-15-14-34-25/h4-13,16-17,28,32H,14-15,18H2,1-3H3,(H,30,31). The fraction of sp³-hybridized carbons (Fsp3) is 0.276. The summed E-state index contributed by atoms with van der Waals surface area (Å²) in [5, 5.41) is 7.20. The molecule has 1 unspecified atom stereocenters. The lowest BCUT2D eigenvalue weighted by Crippen LogP contribution is -2.39. The number of rotatable bonds is 2. The number of hydrogen-bond donors (Lipinski definition) is 2. The van der Waals surface area contributed by atoms with Crippen molar-refractivity contribution in [3.8, 4) is 11.5 Å². The van der Waals surface area contributed by atoms with Gasteiger partial charge in [-0.1, -0.05) is 63.2 Å². The Balaban J connectivity index is 1.31. The Morgan fingerprint density at radius 3 is 2.51 bits per heavy atom. The first-order valence-corrected chi connectivity index (χ1v) is 12.1. The molecule has 3 aromatic rings. The van der Waals surface area contributed by atoms with Crippen LogP contribution < -0.4 is 20.1 Å². The van der Waals surface area contributed by atoms with E-state index in [2.05, 4.69) is 90.9 Å². The second-order valence-corrected chi connectivity index (χ2v) is 10.1. The maximum atomic E-state index is 5.74. The van der Waals surface area contributed by atoms with Gasteiger partial charge in [-0.25, -0.2) is 4.99 Å². The first-order chi connectivity index (χ1) is 17.0. The van der Waals surface area contributed by atoms with Crippen LogP contribution in [0.2, 0.25) is 0 Å². The highest BCUT2D eigenvalue weighted by Gasteiger charge is 2.32. The average Bonchev–Trinajstić information content (AvgIpc) is 2.88. The van der Waals surface area contributed by atoms with Crippen molar-refractivity contribution in [1.29, 1.82) is 0 Å². The minimum Gasteiger partial charge on any atom is -0.486 e. The smallest absolute Gasteiger partial charge is 0.163 e. The molecule has 178 valence electrons. The fourth-order valence-corrected chi connectivity index (χ4v) is 4.77. The Labute approximate surface area is 206 Å². The number of fused-ring (bicyclic) bond motifs is 4. The lowest BCUT2D eigenvalue weighted by molar-refractivity contribution is 0.171. The van der Waals surface area contributed by atoms with Crippen LogP contribution >= 0.6 is 0 Å². The van der Waals surface area contributed by atoms with Crippen LogP contribution in [0.5, 0.6) is 11.5 Å². The number of aliphatic imine (C=N–C) groups is 1. The van der Waals surface area contributed by atoms with Crippen molar-refractivity contribution in [3.05, 3.63) is 89.5 Å². The quantitative estimate of drug-likeness (QED) is 0.485. The predicted octanol–water partition coefficient (Wildman–Crippen LogP) is 6.00. The number of anilines is 2. The largest absolute Gasteiger partial charge is 0.486 e. The lowest BCUT2D eigenvalue weighted by Gasteiger charge is -2.42. The molecule has 2 N–H and O–H groups in total. The van der Waals surface area contributed by atoms with Crippen molar-refractivity contribution >= 4 is 22.9 Å². The topological polar surface area (TPSA) is 58.1 Å². The normalized spacial score (nSPS) is 18.5. The summed E-state index contributed by atoms with van der Waals surface area (Å²) in [7, 11) is 0. The molecule has 6 rings (SSSR count). The van der Waals surface area contributed by atoms with Gasteiger partial charge < -0.3 is 25.0 Å². The molecule has 3 heterocycles. The monoisotopic (exact) mass is 466 g/mol. The summed E-state index contributed by atoms with van der Waals surface area (Å²) in [5.74, 6) is 2.37. The van der Waals surface area contributed by atoms with E-state index < -0.39 is 0 Å². The van der Waals surface area contributed by atoms with E-state index in [0.717, 1.165) is 34.4 Å². The van der Waals surface area contributed by atoms with E-state index in [4.69, 9.17) is 14.5 Å². The number of nitrogens with zero attached hydrogens (tertiary/aromatic N) is 2. The number of amidine groups is 1. The summed E-state index contributed by atoms with van der Waals surface area (Å²) in [4.78, 5) is 7.19. The third-order valence-electron chi connectivity index (χ3n) is 6.69. The first kappa shape index (κ1) is 21.6. The van der Waals surface area contributed by atoms with Gasteiger partial charge in [0.25, 0.3) is 0 Å². The van der Waals surface area contributed by atoms with Crippen molar-refractivity contribution in [1.82, 2.24) is 4.90 Å². The number of para-hydroxylation sites is 1. The van der Waals surface area contributed by atoms with E-state index >= 15 is 0 Å². The summed E-state index contributed by atoms with van der Waals surface area (Å²) < 4.78 is 11.4. The molecule has 0 saturated heterocycles. The Morgan fingerprint density at radius 1 is 0.943 bits per heavy atom. The van der Waals surface area contributed by atoms with Gasteiger partial charge in [0.2, 0.25) is 0 Å². The van der Waals surface area contributed by atoms with E-state index in [9.17, 15) is 0 Å². The van der Waals surface area contributed by atoms with E-state index in [1.54, 1.807) is 0 Å². The third kappa shape index (κ3) is 4.09. The highest BCUT2D eigenvalue weighted by atomic mass is 16.6. The second-order valence-electron chi connectivity index (χ2n) is 10.1. The number of benzene rings is 3. The molecule has 0 radical (unpaired) electrons. The number of ether oxygens (including phenoxy) is 2. The maximum Gasteiger partial charge on any atom is 0.163 e. The summed E-state index contributed by atoms with van der Waals surface area (Å²) >= 11 is 0. The zero-order valence-electron chi connectivity index (χ0n) is 20.3. The Morgan fingerprint density at radius 2 is 1.71 bits per heavy atom. The molecule has 35 heavy (non-hydrogen) atoms. The molecule has 3 aromatic carbocycles. The van der Waals surface area contributed by atoms with Crippen LogP contribution in [0.3, 0.4) is 0 Å². The molecule has 3 aliphatic rings. The van der Waals surface area contributed by atoms with Gasteiger partial charge in [0, 0.05) is 29.1 Å². The molecular weight excluding hydrogens is 436 g/mol. The van der Waals surface area contributed by atoms with E-state index in [0.29, 0.717) is 19.9 Å². The maximum absolute atomic E-state index is 5.74. The Bertz CT molecular complexity index is 1320. The highest BCUT2D eigenvalue weighted by molar-refractivity contribution is 6.09. The molecule has 1 atom stereocenters. The van der Waals surface area contributed by atoms with E-state index in [1.165, 1.54) is 16.7 Å². The molecule has 6 nitrogen and oxygen atoms in total. The van der Waals surface area contributed by atoms with Crippen LogP contribution in [0.25, 0.3) is 5.70 Å². The van der Waals surface area contributed by atoms with Crippen LogP contribution in [0.1, 0.15) is 43.6 Å². The van der Waals surface area contributed by atoms with Crippen LogP contribution in [0, 0.1) is 0 Å². The van der Waals surface area contributed by atoms with Gasteiger partial charge in [-0.05, 0) is 34.7 Å². The van der Waals surface area contributed by atoms with E-state index in [1.807, 2.05) is 18.2 Å². The zero-order valence-corrected chi connectivity index (χ0v) is 20.3. The van der Waals surface area contributed by atoms with Gasteiger partial charge in [-0.3, -0.25) is 0 Å². The average molecular weight is 467 g/mol. The Hall–Kier alpha value is -3.93. The highest BCUT2D eigenvalue weighted by Crippen LogP contribution is 2.41. The lowest BCUT2D eigenvalue weighted by atomic mass is 9.86. The fourth-order valence-electron chi connectivity index (χ4n) is 4.77. The SMILES string of the molecule is CC(C)(C)c1ccc(C2Nc3ccccc3C3=CC(Nc4ccc5c(c4)OCCO5)=NCN32)cc1. The number of hydrogen-bond acceptors (Lipinski definition) is 6. The molecule has 0 spiro atoms. The Kier molecular flexibility index (Phi) is 5.17.